The molecule has 30 heavy (non-hydrogen) atoms. The number of piperidine rings is 1. The first-order valence-corrected chi connectivity index (χ1v) is 11.2. The number of likely N-dealkylation sites (tertiary alicyclic amines) is 1. The molecular weight excluding hydrogens is 398 g/mol. The normalized spacial score (nSPS) is 14.9. The van der Waals surface area contributed by atoms with Gasteiger partial charge in [0.05, 0.1) is 15.2 Å². The molecule has 1 aliphatic heterocycles. The van der Waals surface area contributed by atoms with Crippen molar-refractivity contribution in [2.45, 2.75) is 46.1 Å². The highest BCUT2D eigenvalue weighted by atomic mass is 32.1. The molecule has 1 saturated heterocycles. The third-order valence-corrected chi connectivity index (χ3v) is 6.64. The number of hydrogen-bond acceptors (Lipinski definition) is 5. The van der Waals surface area contributed by atoms with Gasteiger partial charge in [0, 0.05) is 50.6 Å². The third kappa shape index (κ3) is 4.87. The quantitative estimate of drug-likeness (QED) is 0.652. The minimum Gasteiger partial charge on any atom is -0.343 e. The molecule has 0 radical (unpaired) electrons. The Balaban J connectivity index is 1.22. The highest BCUT2D eigenvalue weighted by molar-refractivity contribution is 7.18. The second kappa shape index (κ2) is 8.95. The van der Waals surface area contributed by atoms with E-state index in [1.54, 1.807) is 17.5 Å². The van der Waals surface area contributed by atoms with Gasteiger partial charge in [-0.3, -0.25) is 9.59 Å². The molecule has 0 spiro atoms. The van der Waals surface area contributed by atoms with Crippen molar-refractivity contribution in [3.63, 3.8) is 0 Å². The van der Waals surface area contributed by atoms with Crippen molar-refractivity contribution in [3.05, 3.63) is 41.4 Å². The van der Waals surface area contributed by atoms with Gasteiger partial charge in [-0.05, 0) is 50.8 Å². The van der Waals surface area contributed by atoms with Gasteiger partial charge in [0.2, 0.25) is 11.8 Å². The van der Waals surface area contributed by atoms with Crippen LogP contribution in [0.1, 0.15) is 36.5 Å². The number of imidazole rings is 1. The average molecular weight is 426 g/mol. The van der Waals surface area contributed by atoms with Gasteiger partial charge in [-0.25, -0.2) is 9.97 Å². The molecule has 0 unspecified atom stereocenters. The van der Waals surface area contributed by atoms with Crippen LogP contribution in [-0.2, 0) is 16.1 Å². The van der Waals surface area contributed by atoms with Gasteiger partial charge >= 0.3 is 0 Å². The molecule has 1 aliphatic rings. The van der Waals surface area contributed by atoms with Crippen LogP contribution >= 0.6 is 11.3 Å². The van der Waals surface area contributed by atoms with E-state index in [9.17, 15) is 9.59 Å². The van der Waals surface area contributed by atoms with Crippen molar-refractivity contribution in [3.8, 4) is 0 Å². The van der Waals surface area contributed by atoms with E-state index in [4.69, 9.17) is 0 Å². The van der Waals surface area contributed by atoms with Crippen molar-refractivity contribution in [2.24, 2.45) is 5.92 Å². The highest BCUT2D eigenvalue weighted by Crippen LogP contribution is 2.26. The van der Waals surface area contributed by atoms with Crippen molar-refractivity contribution in [1.29, 1.82) is 0 Å². The maximum atomic E-state index is 12.5. The van der Waals surface area contributed by atoms with E-state index in [2.05, 4.69) is 15.3 Å². The lowest BCUT2D eigenvalue weighted by molar-refractivity contribution is -0.132. The van der Waals surface area contributed by atoms with E-state index in [-0.39, 0.29) is 11.8 Å². The maximum Gasteiger partial charge on any atom is 0.224 e. The highest BCUT2D eigenvalue weighted by Gasteiger charge is 2.24. The molecule has 1 N–H and O–H groups in total. The van der Waals surface area contributed by atoms with Crippen molar-refractivity contribution < 1.29 is 9.59 Å². The minimum atomic E-state index is 0.0379. The van der Waals surface area contributed by atoms with E-state index < -0.39 is 0 Å². The Hall–Kier alpha value is -2.74. The number of rotatable bonds is 6. The number of carbonyl (C=O) groups is 2. The first-order chi connectivity index (χ1) is 14.5. The Morgan fingerprint density at radius 3 is 2.77 bits per heavy atom. The number of nitrogens with one attached hydrogen (secondary N) is 1. The number of fused-ring (bicyclic) bond motifs is 1. The minimum absolute atomic E-state index is 0.0379. The zero-order valence-corrected chi connectivity index (χ0v) is 18.2. The molecule has 0 aliphatic carbocycles. The fourth-order valence-electron chi connectivity index (χ4n) is 3.99. The Morgan fingerprint density at radius 1 is 1.23 bits per heavy atom. The Labute approximate surface area is 180 Å². The molecule has 1 aromatic carbocycles. The summed E-state index contributed by atoms with van der Waals surface area (Å²) in [6.07, 6.45) is 6.39. The lowest BCUT2D eigenvalue weighted by Crippen LogP contribution is -2.39. The lowest BCUT2D eigenvalue weighted by Gasteiger charge is -2.32. The number of benzene rings is 1. The number of carbonyl (C=O) groups excluding carboxylic acids is 2. The molecule has 8 heteroatoms. The van der Waals surface area contributed by atoms with Gasteiger partial charge in [0.15, 0.2) is 0 Å². The number of aryl methyl sites for hydroxylation is 3. The number of hydrogen-bond donors (Lipinski definition) is 1. The molecule has 2 amide bonds. The summed E-state index contributed by atoms with van der Waals surface area (Å²) in [5.41, 5.74) is 1.79. The van der Waals surface area contributed by atoms with E-state index in [0.717, 1.165) is 52.7 Å². The van der Waals surface area contributed by atoms with Crippen LogP contribution < -0.4 is 5.32 Å². The average Bonchev–Trinajstić information content (AvgIpc) is 3.30. The maximum absolute atomic E-state index is 12.5. The fourth-order valence-corrected chi connectivity index (χ4v) is 4.86. The van der Waals surface area contributed by atoms with Crippen LogP contribution in [0.5, 0.6) is 0 Å². The second-order valence-corrected chi connectivity index (χ2v) is 9.14. The van der Waals surface area contributed by atoms with Gasteiger partial charge < -0.3 is 14.8 Å². The van der Waals surface area contributed by atoms with E-state index in [1.807, 2.05) is 47.7 Å². The van der Waals surface area contributed by atoms with Crippen LogP contribution in [0.3, 0.4) is 0 Å². The predicted molar refractivity (Wildman–Crippen MR) is 118 cm³/mol. The topological polar surface area (TPSA) is 80.1 Å². The smallest absolute Gasteiger partial charge is 0.224 e. The van der Waals surface area contributed by atoms with E-state index >= 15 is 0 Å². The number of thiazole rings is 1. The van der Waals surface area contributed by atoms with Crippen LogP contribution in [0.15, 0.2) is 30.6 Å². The van der Waals surface area contributed by atoms with Crippen molar-refractivity contribution in [1.82, 2.24) is 19.4 Å². The summed E-state index contributed by atoms with van der Waals surface area (Å²) in [5.74, 6) is 1.46. The second-order valence-electron chi connectivity index (χ2n) is 7.91. The van der Waals surface area contributed by atoms with Gasteiger partial charge in [-0.15, -0.1) is 11.3 Å². The van der Waals surface area contributed by atoms with Gasteiger partial charge in [-0.2, -0.15) is 0 Å². The van der Waals surface area contributed by atoms with Crippen LogP contribution in [0.2, 0.25) is 0 Å². The van der Waals surface area contributed by atoms with Gasteiger partial charge in [0.1, 0.15) is 5.82 Å². The largest absolute Gasteiger partial charge is 0.343 e. The molecule has 158 valence electrons. The summed E-state index contributed by atoms with van der Waals surface area (Å²) in [6.45, 7) is 6.05. The summed E-state index contributed by atoms with van der Waals surface area (Å²) in [7, 11) is 0. The molecule has 2 aromatic heterocycles. The SMILES string of the molecule is Cc1nc2ccc(NC(=O)CC3CCN(C(=O)CCn4ccnc4C)CC3)cc2s1. The Bertz CT molecular complexity index is 1050. The molecule has 0 saturated carbocycles. The van der Waals surface area contributed by atoms with Crippen LogP contribution in [0, 0.1) is 19.8 Å². The molecule has 7 nitrogen and oxygen atoms in total. The monoisotopic (exact) mass is 425 g/mol. The number of amides is 2. The predicted octanol–water partition coefficient (Wildman–Crippen LogP) is 3.77. The third-order valence-electron chi connectivity index (χ3n) is 5.71. The molecule has 4 rings (SSSR count). The zero-order chi connectivity index (χ0) is 21.1. The summed E-state index contributed by atoms with van der Waals surface area (Å²) >= 11 is 1.63. The van der Waals surface area contributed by atoms with Crippen molar-refractivity contribution in [2.75, 3.05) is 18.4 Å². The van der Waals surface area contributed by atoms with Crippen LogP contribution in [0.4, 0.5) is 5.69 Å². The van der Waals surface area contributed by atoms with E-state index in [1.165, 1.54) is 0 Å². The summed E-state index contributed by atoms with van der Waals surface area (Å²) in [6, 6.07) is 5.84. The zero-order valence-electron chi connectivity index (χ0n) is 17.4. The first-order valence-electron chi connectivity index (χ1n) is 10.4. The molecule has 0 atom stereocenters. The van der Waals surface area contributed by atoms with Gasteiger partial charge in [-0.1, -0.05) is 0 Å². The summed E-state index contributed by atoms with van der Waals surface area (Å²) in [5, 5.41) is 4.04. The van der Waals surface area contributed by atoms with Crippen LogP contribution in [-0.4, -0.2) is 44.3 Å². The number of anilines is 1. The number of nitrogens with zero attached hydrogens (tertiary/aromatic N) is 4. The van der Waals surface area contributed by atoms with E-state index in [0.29, 0.717) is 25.3 Å². The first kappa shape index (κ1) is 20.5. The molecular formula is C22H27N5O2S. The Morgan fingerprint density at radius 2 is 2.03 bits per heavy atom. The summed E-state index contributed by atoms with van der Waals surface area (Å²) in [4.78, 5) is 35.6. The van der Waals surface area contributed by atoms with Gasteiger partial charge in [0.25, 0.3) is 0 Å². The Kier molecular flexibility index (Phi) is 6.13. The fraction of sp³-hybridized carbons (Fsp3) is 0.455. The lowest BCUT2D eigenvalue weighted by atomic mass is 9.93. The molecule has 0 bridgehead atoms. The summed E-state index contributed by atoms with van der Waals surface area (Å²) < 4.78 is 3.09. The van der Waals surface area contributed by atoms with Crippen molar-refractivity contribution >= 4 is 39.1 Å². The number of aromatic nitrogens is 3. The molecule has 1 fully saturated rings. The molecule has 3 aromatic rings. The standard InChI is InChI=1S/C22H27N5O2S/c1-15-23-8-12-26(15)11-7-22(29)27-9-5-17(6-10-27)13-21(28)25-18-3-4-19-20(14-18)30-16(2)24-19/h3-4,8,12,14,17H,5-7,9-11,13H2,1-2H3,(H,25,28). The molecule has 3 heterocycles. The van der Waals surface area contributed by atoms with Crippen LogP contribution in [0.25, 0.3) is 10.2 Å².